The average molecular weight is 275 g/mol. The Morgan fingerprint density at radius 1 is 1.53 bits per heavy atom. The van der Waals surface area contributed by atoms with Crippen molar-refractivity contribution in [2.45, 2.75) is 0 Å². The van der Waals surface area contributed by atoms with Crippen molar-refractivity contribution in [1.29, 1.82) is 0 Å². The lowest BCUT2D eigenvalue weighted by molar-refractivity contribution is 0.235. The Hall–Kier alpha value is -2.15. The lowest BCUT2D eigenvalue weighted by atomic mass is 10.1. The molecule has 2 aliphatic rings. The molecule has 7 heteroatoms. The van der Waals surface area contributed by atoms with E-state index in [2.05, 4.69) is 20.9 Å². The standard InChI is InChI=1S/C12H13N5OS/c1-13-11(19)15-7-2-3-9-8(6-7)10-14-4-5-17(10)12(18)16-9/h2-3,6H,4-5H2,1H3,(H,16,18)(H2,13,15,19). The number of hydrogen-bond donors (Lipinski definition) is 3. The quantitative estimate of drug-likeness (QED) is 0.674. The summed E-state index contributed by atoms with van der Waals surface area (Å²) in [6.07, 6.45) is 0. The highest BCUT2D eigenvalue weighted by Crippen LogP contribution is 2.28. The molecule has 0 saturated carbocycles. The van der Waals surface area contributed by atoms with Crippen LogP contribution in [0.1, 0.15) is 5.56 Å². The SMILES string of the molecule is CNC(=S)Nc1ccc2c(c1)C1=NCCN1C(=O)N2. The van der Waals surface area contributed by atoms with Gasteiger partial charge in [-0.25, -0.2) is 4.79 Å². The molecule has 0 fully saturated rings. The van der Waals surface area contributed by atoms with Crippen LogP contribution in [-0.4, -0.2) is 42.0 Å². The zero-order valence-electron chi connectivity index (χ0n) is 10.4. The molecule has 3 rings (SSSR count). The van der Waals surface area contributed by atoms with Gasteiger partial charge in [-0.15, -0.1) is 0 Å². The van der Waals surface area contributed by atoms with Crippen molar-refractivity contribution in [2.75, 3.05) is 30.8 Å². The van der Waals surface area contributed by atoms with Gasteiger partial charge in [-0.2, -0.15) is 0 Å². The van der Waals surface area contributed by atoms with Crippen LogP contribution in [0, 0.1) is 0 Å². The minimum atomic E-state index is -0.116. The zero-order valence-corrected chi connectivity index (χ0v) is 11.2. The summed E-state index contributed by atoms with van der Waals surface area (Å²) in [5, 5.41) is 9.33. The van der Waals surface area contributed by atoms with Crippen molar-refractivity contribution >= 4 is 40.6 Å². The van der Waals surface area contributed by atoms with Gasteiger partial charge >= 0.3 is 6.03 Å². The third kappa shape index (κ3) is 2.01. The number of nitrogens with one attached hydrogen (secondary N) is 3. The number of carbonyl (C=O) groups excluding carboxylic acids is 1. The summed E-state index contributed by atoms with van der Waals surface area (Å²) in [5.74, 6) is 0.734. The summed E-state index contributed by atoms with van der Waals surface area (Å²) in [7, 11) is 1.76. The molecule has 1 aromatic rings. The van der Waals surface area contributed by atoms with Crippen LogP contribution in [0.5, 0.6) is 0 Å². The van der Waals surface area contributed by atoms with E-state index in [1.54, 1.807) is 11.9 Å². The molecule has 98 valence electrons. The molecule has 0 atom stereocenters. The van der Waals surface area contributed by atoms with E-state index in [4.69, 9.17) is 12.2 Å². The van der Waals surface area contributed by atoms with E-state index < -0.39 is 0 Å². The number of urea groups is 1. The van der Waals surface area contributed by atoms with E-state index in [1.165, 1.54) is 0 Å². The van der Waals surface area contributed by atoms with Gasteiger partial charge in [0.25, 0.3) is 0 Å². The second-order valence-corrected chi connectivity index (χ2v) is 4.66. The minimum absolute atomic E-state index is 0.116. The fourth-order valence-electron chi connectivity index (χ4n) is 2.17. The highest BCUT2D eigenvalue weighted by atomic mass is 32.1. The number of aliphatic imine (C=N–C) groups is 1. The maximum Gasteiger partial charge on any atom is 0.327 e. The molecule has 0 spiro atoms. The Morgan fingerprint density at radius 3 is 3.16 bits per heavy atom. The van der Waals surface area contributed by atoms with Crippen LogP contribution in [0.15, 0.2) is 23.2 Å². The van der Waals surface area contributed by atoms with Crippen LogP contribution in [0.2, 0.25) is 0 Å². The maximum atomic E-state index is 11.8. The molecule has 2 aliphatic heterocycles. The van der Waals surface area contributed by atoms with Gasteiger partial charge in [-0.3, -0.25) is 9.89 Å². The Kier molecular flexibility index (Phi) is 2.83. The molecular formula is C12H13N5OS. The van der Waals surface area contributed by atoms with E-state index in [9.17, 15) is 4.79 Å². The van der Waals surface area contributed by atoms with E-state index in [1.807, 2.05) is 18.2 Å². The van der Waals surface area contributed by atoms with Gasteiger partial charge < -0.3 is 16.0 Å². The summed E-state index contributed by atoms with van der Waals surface area (Å²) in [6.45, 7) is 1.28. The second-order valence-electron chi connectivity index (χ2n) is 4.25. The van der Waals surface area contributed by atoms with E-state index >= 15 is 0 Å². The third-order valence-corrected chi connectivity index (χ3v) is 3.38. The fraction of sp³-hybridized carbons (Fsp3) is 0.250. The minimum Gasteiger partial charge on any atom is -0.366 e. The Bertz CT molecular complexity index is 598. The summed E-state index contributed by atoms with van der Waals surface area (Å²) >= 11 is 5.07. The Morgan fingerprint density at radius 2 is 2.37 bits per heavy atom. The lowest BCUT2D eigenvalue weighted by Gasteiger charge is -2.26. The molecule has 19 heavy (non-hydrogen) atoms. The highest BCUT2D eigenvalue weighted by Gasteiger charge is 2.31. The number of rotatable bonds is 1. The van der Waals surface area contributed by atoms with Gasteiger partial charge in [-0.05, 0) is 30.4 Å². The first-order valence-electron chi connectivity index (χ1n) is 5.95. The predicted octanol–water partition coefficient (Wildman–Crippen LogP) is 1.21. The number of nitrogens with zero attached hydrogens (tertiary/aromatic N) is 2. The first-order chi connectivity index (χ1) is 9.19. The monoisotopic (exact) mass is 275 g/mol. The molecule has 2 heterocycles. The summed E-state index contributed by atoms with van der Waals surface area (Å²) in [6, 6.07) is 5.55. The van der Waals surface area contributed by atoms with Crippen molar-refractivity contribution < 1.29 is 4.79 Å². The number of thiocarbonyl (C=S) groups is 1. The van der Waals surface area contributed by atoms with Crippen LogP contribution in [0.25, 0.3) is 0 Å². The predicted molar refractivity (Wildman–Crippen MR) is 78.9 cm³/mol. The van der Waals surface area contributed by atoms with Crippen molar-refractivity contribution in [3.8, 4) is 0 Å². The largest absolute Gasteiger partial charge is 0.366 e. The van der Waals surface area contributed by atoms with Crippen LogP contribution in [0.4, 0.5) is 16.2 Å². The second kappa shape index (κ2) is 4.51. The Labute approximate surface area is 115 Å². The molecule has 0 aromatic heterocycles. The van der Waals surface area contributed by atoms with Gasteiger partial charge in [0.05, 0.1) is 12.2 Å². The highest BCUT2D eigenvalue weighted by molar-refractivity contribution is 7.80. The van der Waals surface area contributed by atoms with Crippen LogP contribution in [0.3, 0.4) is 0 Å². The number of anilines is 2. The van der Waals surface area contributed by atoms with Crippen LogP contribution >= 0.6 is 12.2 Å². The topological polar surface area (TPSA) is 68.8 Å². The fourth-order valence-corrected chi connectivity index (χ4v) is 2.29. The van der Waals surface area contributed by atoms with Crippen LogP contribution in [-0.2, 0) is 0 Å². The van der Waals surface area contributed by atoms with Gasteiger partial charge in [0, 0.05) is 24.8 Å². The smallest absolute Gasteiger partial charge is 0.327 e. The average Bonchev–Trinajstić information content (AvgIpc) is 2.89. The van der Waals surface area contributed by atoms with Crippen molar-refractivity contribution in [1.82, 2.24) is 10.2 Å². The number of carbonyl (C=O) groups is 1. The van der Waals surface area contributed by atoms with Crippen LogP contribution < -0.4 is 16.0 Å². The molecule has 0 aliphatic carbocycles. The molecule has 3 N–H and O–H groups in total. The summed E-state index contributed by atoms with van der Waals surface area (Å²) in [5.41, 5.74) is 2.56. The Balaban J connectivity index is 1.98. The van der Waals surface area contributed by atoms with Gasteiger partial charge in [0.2, 0.25) is 0 Å². The van der Waals surface area contributed by atoms with Gasteiger partial charge in [0.1, 0.15) is 5.84 Å². The number of hydrogen-bond acceptors (Lipinski definition) is 3. The molecular weight excluding hydrogens is 262 g/mol. The number of amidine groups is 1. The molecule has 1 aromatic carbocycles. The van der Waals surface area contributed by atoms with Crippen molar-refractivity contribution in [3.05, 3.63) is 23.8 Å². The normalized spacial score (nSPS) is 16.2. The molecule has 0 radical (unpaired) electrons. The van der Waals surface area contributed by atoms with E-state index in [0.29, 0.717) is 18.2 Å². The first kappa shape index (κ1) is 11.9. The van der Waals surface area contributed by atoms with Gasteiger partial charge in [-0.1, -0.05) is 0 Å². The van der Waals surface area contributed by atoms with Crippen molar-refractivity contribution in [2.24, 2.45) is 4.99 Å². The first-order valence-corrected chi connectivity index (χ1v) is 6.36. The van der Waals surface area contributed by atoms with E-state index in [-0.39, 0.29) is 6.03 Å². The molecule has 0 bridgehead atoms. The molecule has 0 unspecified atom stereocenters. The van der Waals surface area contributed by atoms with Crippen molar-refractivity contribution in [3.63, 3.8) is 0 Å². The molecule has 0 saturated heterocycles. The number of amides is 2. The van der Waals surface area contributed by atoms with Gasteiger partial charge in [0.15, 0.2) is 5.11 Å². The molecule has 2 amide bonds. The van der Waals surface area contributed by atoms with E-state index in [0.717, 1.165) is 22.8 Å². The number of fused-ring (bicyclic) bond motifs is 3. The zero-order chi connectivity index (χ0) is 13.4. The maximum absolute atomic E-state index is 11.8. The molecule has 6 nitrogen and oxygen atoms in total. The summed E-state index contributed by atoms with van der Waals surface area (Å²) in [4.78, 5) is 17.9. The third-order valence-electron chi connectivity index (χ3n) is 3.07. The summed E-state index contributed by atoms with van der Waals surface area (Å²) < 4.78 is 0. The lowest BCUT2D eigenvalue weighted by Crippen LogP contribution is -2.42. The number of benzene rings is 1.